The van der Waals surface area contributed by atoms with Crippen LogP contribution in [0.4, 0.5) is 0 Å². The van der Waals surface area contributed by atoms with Crippen LogP contribution in [0.2, 0.25) is 0 Å². The summed E-state index contributed by atoms with van der Waals surface area (Å²) in [6.07, 6.45) is 1.58. The molecule has 1 aliphatic heterocycles. The van der Waals surface area contributed by atoms with Crippen LogP contribution in [0.15, 0.2) is 53.1 Å². The van der Waals surface area contributed by atoms with Gasteiger partial charge in [-0.2, -0.15) is 4.73 Å². The van der Waals surface area contributed by atoms with Crippen molar-refractivity contribution < 1.29 is 9.47 Å². The van der Waals surface area contributed by atoms with E-state index in [1.54, 1.807) is 12.3 Å². The van der Waals surface area contributed by atoms with Gasteiger partial charge in [0.2, 0.25) is 5.52 Å². The van der Waals surface area contributed by atoms with E-state index in [0.29, 0.717) is 17.8 Å². The van der Waals surface area contributed by atoms with E-state index in [2.05, 4.69) is 16.0 Å². The molecule has 0 amide bonds. The highest BCUT2D eigenvalue weighted by molar-refractivity contribution is 6.03. The minimum atomic E-state index is -0.267. The molecule has 2 N–H and O–H groups in total. The lowest BCUT2D eigenvalue weighted by Crippen LogP contribution is -2.27. The third-order valence-corrected chi connectivity index (χ3v) is 5.47. The number of aromatic amines is 2. The van der Waals surface area contributed by atoms with Crippen molar-refractivity contribution in [2.24, 2.45) is 0 Å². The maximum Gasteiger partial charge on any atom is 0.323 e. The van der Waals surface area contributed by atoms with Gasteiger partial charge in [0.05, 0.1) is 22.1 Å². The van der Waals surface area contributed by atoms with Crippen molar-refractivity contribution >= 4 is 27.6 Å². The number of nitrogens with zero attached hydrogens (tertiary/aromatic N) is 2. The molecule has 0 atom stereocenters. The van der Waals surface area contributed by atoms with Crippen LogP contribution in [0.3, 0.4) is 0 Å². The molecule has 0 radical (unpaired) electrons. The summed E-state index contributed by atoms with van der Waals surface area (Å²) in [5.74, 6) is 0.836. The van der Waals surface area contributed by atoms with Crippen LogP contribution >= 0.6 is 0 Å². The molecule has 2 aromatic carbocycles. The summed E-state index contributed by atoms with van der Waals surface area (Å²) in [7, 11) is 1.97. The Morgan fingerprint density at radius 3 is 2.72 bits per heavy atom. The molecule has 1 aliphatic rings. The number of nitrogens with one attached hydrogen (secondary N) is 2. The van der Waals surface area contributed by atoms with Gasteiger partial charge in [0.25, 0.3) is 0 Å². The Bertz CT molecular complexity index is 1380. The van der Waals surface area contributed by atoms with E-state index in [-0.39, 0.29) is 5.69 Å². The molecule has 0 saturated heterocycles. The molecular formula is C22H20N4O3. The fourth-order valence-corrected chi connectivity index (χ4v) is 4.25. The predicted octanol–water partition coefficient (Wildman–Crippen LogP) is 3.23. The van der Waals surface area contributed by atoms with Gasteiger partial charge >= 0.3 is 5.69 Å². The van der Waals surface area contributed by atoms with Crippen molar-refractivity contribution in [3.63, 3.8) is 0 Å². The molecule has 0 fully saturated rings. The summed E-state index contributed by atoms with van der Waals surface area (Å²) in [5, 5.41) is 13.3. The highest BCUT2D eigenvalue weighted by Gasteiger charge is 2.23. The lowest BCUT2D eigenvalue weighted by atomic mass is 9.93. The maximum absolute atomic E-state index is 12.4. The van der Waals surface area contributed by atoms with E-state index in [4.69, 9.17) is 4.74 Å². The summed E-state index contributed by atoms with van der Waals surface area (Å²) in [4.78, 5) is 20.0. The molecule has 7 heteroatoms. The Balaban J connectivity index is 1.91. The van der Waals surface area contributed by atoms with Crippen molar-refractivity contribution in [3.8, 4) is 11.1 Å². The number of para-hydroxylation sites is 1. The van der Waals surface area contributed by atoms with Gasteiger partial charge in [-0.1, -0.05) is 12.1 Å². The van der Waals surface area contributed by atoms with Gasteiger partial charge in [-0.3, -0.25) is 0 Å². The number of allylic oxidation sites excluding steroid dienone is 1. The SMILES string of the molecule is CC1=C(c2cc(-c3c(C)c[n+]([O-])c4ccccc34)c3[nH]c(=O)[nH]c3c2)N(C)CO1. The Labute approximate surface area is 166 Å². The fourth-order valence-electron chi connectivity index (χ4n) is 4.25. The minimum Gasteiger partial charge on any atom is -0.618 e. The van der Waals surface area contributed by atoms with E-state index in [1.165, 1.54) is 0 Å². The summed E-state index contributed by atoms with van der Waals surface area (Å²) < 4.78 is 6.58. The molecule has 0 bridgehead atoms. The average Bonchev–Trinajstić information content (AvgIpc) is 3.22. The first-order valence-corrected chi connectivity index (χ1v) is 9.37. The number of ether oxygens (including phenoxy) is 1. The number of aromatic nitrogens is 3. The van der Waals surface area contributed by atoms with E-state index in [1.807, 2.05) is 50.1 Å². The quantitative estimate of drug-likeness (QED) is 0.408. The van der Waals surface area contributed by atoms with Crippen LogP contribution in [-0.2, 0) is 4.74 Å². The van der Waals surface area contributed by atoms with Gasteiger partial charge in [0.1, 0.15) is 5.76 Å². The number of fused-ring (bicyclic) bond motifs is 2. The van der Waals surface area contributed by atoms with E-state index in [0.717, 1.165) is 49.3 Å². The number of hydrogen-bond acceptors (Lipinski definition) is 4. The van der Waals surface area contributed by atoms with Crippen molar-refractivity contribution in [2.75, 3.05) is 13.8 Å². The third kappa shape index (κ3) is 2.58. The zero-order valence-corrected chi connectivity index (χ0v) is 16.4. The fraction of sp³-hybridized carbons (Fsp3) is 0.182. The van der Waals surface area contributed by atoms with E-state index >= 15 is 0 Å². The Hall–Kier alpha value is -3.74. The topological polar surface area (TPSA) is 88.1 Å². The third-order valence-electron chi connectivity index (χ3n) is 5.47. The second-order valence-corrected chi connectivity index (χ2v) is 7.43. The van der Waals surface area contributed by atoms with Gasteiger partial charge in [-0.05, 0) is 32.0 Å². The first kappa shape index (κ1) is 17.4. The van der Waals surface area contributed by atoms with Gasteiger partial charge in [-0.15, -0.1) is 0 Å². The molecule has 0 unspecified atom stereocenters. The van der Waals surface area contributed by atoms with Crippen molar-refractivity contribution in [1.82, 2.24) is 14.9 Å². The number of hydrogen-bond donors (Lipinski definition) is 2. The van der Waals surface area contributed by atoms with Crippen LogP contribution in [0, 0.1) is 12.1 Å². The first-order valence-electron chi connectivity index (χ1n) is 9.37. The molecule has 29 heavy (non-hydrogen) atoms. The number of H-pyrrole nitrogens is 2. The second-order valence-electron chi connectivity index (χ2n) is 7.43. The minimum absolute atomic E-state index is 0.267. The Morgan fingerprint density at radius 1 is 1.17 bits per heavy atom. The summed E-state index contributed by atoms with van der Waals surface area (Å²) >= 11 is 0. The molecule has 0 saturated carbocycles. The van der Waals surface area contributed by atoms with Gasteiger partial charge in [-0.25, -0.2) is 4.79 Å². The zero-order chi connectivity index (χ0) is 20.3. The van der Waals surface area contributed by atoms with Gasteiger partial charge in [0, 0.05) is 35.4 Å². The van der Waals surface area contributed by atoms with Crippen LogP contribution in [0.1, 0.15) is 18.1 Å². The Kier molecular flexibility index (Phi) is 3.67. The van der Waals surface area contributed by atoms with Crippen LogP contribution in [-0.4, -0.2) is 28.6 Å². The maximum atomic E-state index is 12.4. The van der Waals surface area contributed by atoms with Crippen molar-refractivity contribution in [1.29, 1.82) is 0 Å². The first-order chi connectivity index (χ1) is 13.9. The van der Waals surface area contributed by atoms with Gasteiger partial charge < -0.3 is 24.8 Å². The smallest absolute Gasteiger partial charge is 0.323 e. The van der Waals surface area contributed by atoms with Crippen LogP contribution < -0.4 is 10.4 Å². The molecule has 2 aromatic heterocycles. The predicted molar refractivity (Wildman–Crippen MR) is 112 cm³/mol. The summed E-state index contributed by atoms with van der Waals surface area (Å²) in [6.45, 7) is 4.34. The molecule has 0 spiro atoms. The molecule has 4 aromatic rings. The molecule has 0 aliphatic carbocycles. The molecule has 7 nitrogen and oxygen atoms in total. The summed E-state index contributed by atoms with van der Waals surface area (Å²) in [5.41, 5.74) is 6.30. The number of aryl methyl sites for hydroxylation is 1. The largest absolute Gasteiger partial charge is 0.618 e. The van der Waals surface area contributed by atoms with E-state index < -0.39 is 0 Å². The standard InChI is InChI=1S/C22H20N4O3/c1-12-10-26(28)18-7-5-4-6-15(18)19(12)16-8-14(21-13(2)29-11-25(21)3)9-17-20(16)24-22(27)23-17/h4-10H,11H2,1-3H3,(H2,23,24,27). The number of pyridine rings is 1. The van der Waals surface area contributed by atoms with Crippen LogP contribution in [0.25, 0.3) is 38.8 Å². The number of rotatable bonds is 2. The zero-order valence-electron chi connectivity index (χ0n) is 16.4. The van der Waals surface area contributed by atoms with Crippen molar-refractivity contribution in [2.45, 2.75) is 13.8 Å². The van der Waals surface area contributed by atoms with Crippen molar-refractivity contribution in [3.05, 3.63) is 75.2 Å². The highest BCUT2D eigenvalue weighted by atomic mass is 16.5. The highest BCUT2D eigenvalue weighted by Crippen LogP contribution is 2.38. The molecule has 3 heterocycles. The lowest BCUT2D eigenvalue weighted by molar-refractivity contribution is -0.577. The monoisotopic (exact) mass is 388 g/mol. The number of imidazole rings is 1. The molecule has 146 valence electrons. The normalized spacial score (nSPS) is 14.2. The van der Waals surface area contributed by atoms with E-state index in [9.17, 15) is 10.0 Å². The van der Waals surface area contributed by atoms with Gasteiger partial charge in [0.15, 0.2) is 12.9 Å². The molecule has 5 rings (SSSR count). The molecular weight excluding hydrogens is 368 g/mol. The Morgan fingerprint density at radius 2 is 1.97 bits per heavy atom. The summed E-state index contributed by atoms with van der Waals surface area (Å²) in [6, 6.07) is 11.5. The average molecular weight is 388 g/mol. The lowest BCUT2D eigenvalue weighted by Gasteiger charge is -2.17. The number of benzene rings is 2. The van der Waals surface area contributed by atoms with Crippen LogP contribution in [0.5, 0.6) is 0 Å². The second kappa shape index (κ2) is 6.13.